The van der Waals surface area contributed by atoms with E-state index < -0.39 is 5.79 Å². The number of carbonyl (C=O) groups excluding carboxylic acids is 1. The molecule has 0 unspecified atom stereocenters. The highest BCUT2D eigenvalue weighted by Gasteiger charge is 2.50. The molecule has 1 aliphatic carbocycles. The molecule has 1 aliphatic heterocycles. The standard InChI is InChI=1S/C16H17N3O3/c1-9-11-4-5-19(15(11)18-8-17-9)12-6-10(7-20)13-14(12)22-16(2,3)21-13/h4-8,12-14H,1-3H3/t12-,13-,14+/m1/s1. The molecule has 0 spiro atoms. The van der Waals surface area contributed by atoms with Crippen LogP contribution in [-0.4, -0.2) is 38.8 Å². The van der Waals surface area contributed by atoms with Gasteiger partial charge in [0, 0.05) is 17.2 Å². The molecule has 114 valence electrons. The fourth-order valence-corrected chi connectivity index (χ4v) is 3.37. The quantitative estimate of drug-likeness (QED) is 0.793. The first-order valence-electron chi connectivity index (χ1n) is 7.31. The molecule has 2 aromatic heterocycles. The number of aromatic nitrogens is 3. The minimum atomic E-state index is -0.691. The molecule has 2 aromatic rings. The Kier molecular flexibility index (Phi) is 2.76. The van der Waals surface area contributed by atoms with Crippen LogP contribution >= 0.6 is 0 Å². The van der Waals surface area contributed by atoms with Gasteiger partial charge in [-0.1, -0.05) is 0 Å². The van der Waals surface area contributed by atoms with Crippen molar-refractivity contribution >= 4 is 17.3 Å². The average Bonchev–Trinajstić information content (AvgIpc) is 3.10. The summed E-state index contributed by atoms with van der Waals surface area (Å²) in [7, 11) is 0. The summed E-state index contributed by atoms with van der Waals surface area (Å²) >= 11 is 0. The van der Waals surface area contributed by atoms with Gasteiger partial charge in [0.2, 0.25) is 0 Å². The van der Waals surface area contributed by atoms with Crippen molar-refractivity contribution in [1.82, 2.24) is 14.5 Å². The molecule has 0 aromatic carbocycles. The fourth-order valence-electron chi connectivity index (χ4n) is 3.37. The number of aryl methyl sites for hydroxylation is 1. The Labute approximate surface area is 127 Å². The van der Waals surface area contributed by atoms with Crippen LogP contribution in [0.4, 0.5) is 0 Å². The lowest BCUT2D eigenvalue weighted by molar-refractivity contribution is -0.148. The maximum absolute atomic E-state index is 11.4. The molecular formula is C16H17N3O3. The lowest BCUT2D eigenvalue weighted by atomic mass is 10.1. The summed E-state index contributed by atoms with van der Waals surface area (Å²) in [6, 6.07) is 1.88. The minimum Gasteiger partial charge on any atom is -0.342 e. The highest BCUT2D eigenvalue weighted by Crippen LogP contribution is 2.43. The van der Waals surface area contributed by atoms with Gasteiger partial charge in [-0.2, -0.15) is 0 Å². The summed E-state index contributed by atoms with van der Waals surface area (Å²) in [5, 5.41) is 1.00. The van der Waals surface area contributed by atoms with Crippen molar-refractivity contribution < 1.29 is 14.3 Å². The number of ether oxygens (including phenoxy) is 2. The molecule has 0 bridgehead atoms. The van der Waals surface area contributed by atoms with Gasteiger partial charge in [0.15, 0.2) is 5.79 Å². The van der Waals surface area contributed by atoms with Crippen LogP contribution in [0, 0.1) is 6.92 Å². The third-order valence-electron chi connectivity index (χ3n) is 4.32. The van der Waals surface area contributed by atoms with E-state index in [1.54, 1.807) is 6.33 Å². The summed E-state index contributed by atoms with van der Waals surface area (Å²) in [5.74, 6) is -0.691. The maximum Gasteiger partial charge on any atom is 0.164 e. The molecule has 2 aliphatic rings. The van der Waals surface area contributed by atoms with Gasteiger partial charge in [-0.15, -0.1) is 0 Å². The highest BCUT2D eigenvalue weighted by molar-refractivity contribution is 5.80. The monoisotopic (exact) mass is 299 g/mol. The summed E-state index contributed by atoms with van der Waals surface area (Å²) in [5.41, 5.74) is 2.41. The van der Waals surface area contributed by atoms with Crippen molar-refractivity contribution in [3.8, 4) is 0 Å². The first-order valence-corrected chi connectivity index (χ1v) is 7.31. The normalized spacial score (nSPS) is 29.6. The van der Waals surface area contributed by atoms with Gasteiger partial charge >= 0.3 is 0 Å². The second-order valence-corrected chi connectivity index (χ2v) is 6.22. The molecule has 1 saturated heterocycles. The van der Waals surface area contributed by atoms with E-state index in [4.69, 9.17) is 9.47 Å². The average molecular weight is 299 g/mol. The smallest absolute Gasteiger partial charge is 0.164 e. The number of hydrogen-bond acceptors (Lipinski definition) is 5. The maximum atomic E-state index is 11.4. The number of carbonyl (C=O) groups is 1. The van der Waals surface area contributed by atoms with E-state index in [1.807, 2.05) is 43.7 Å². The number of hydrogen-bond donors (Lipinski definition) is 0. The highest BCUT2D eigenvalue weighted by atomic mass is 16.8. The Bertz CT molecular complexity index is 793. The minimum absolute atomic E-state index is 0.112. The number of rotatable bonds is 2. The van der Waals surface area contributed by atoms with E-state index in [1.165, 1.54) is 0 Å². The Morgan fingerprint density at radius 1 is 1.32 bits per heavy atom. The SMILES string of the molecule is Cc1ncnc2c1ccn2[C@@H]1C=C(C=O)[C@H]2OC(C)(C)O[C@H]21. The van der Waals surface area contributed by atoms with Crippen LogP contribution in [0.15, 0.2) is 30.2 Å². The van der Waals surface area contributed by atoms with Crippen LogP contribution in [0.3, 0.4) is 0 Å². The van der Waals surface area contributed by atoms with Crippen LogP contribution < -0.4 is 0 Å². The predicted octanol–water partition coefficient (Wildman–Crippen LogP) is 1.94. The molecule has 3 heterocycles. The Hall–Kier alpha value is -2.05. The first-order chi connectivity index (χ1) is 10.5. The zero-order chi connectivity index (χ0) is 15.5. The molecule has 0 amide bonds. The van der Waals surface area contributed by atoms with Gasteiger partial charge < -0.3 is 14.0 Å². The van der Waals surface area contributed by atoms with Crippen LogP contribution in [0.1, 0.15) is 25.6 Å². The van der Waals surface area contributed by atoms with Crippen molar-refractivity contribution in [1.29, 1.82) is 0 Å². The van der Waals surface area contributed by atoms with Crippen LogP contribution in [-0.2, 0) is 14.3 Å². The summed E-state index contributed by atoms with van der Waals surface area (Å²) in [6.07, 6.45) is 5.75. The molecule has 0 N–H and O–H groups in total. The largest absolute Gasteiger partial charge is 0.342 e. The van der Waals surface area contributed by atoms with Crippen molar-refractivity contribution in [2.45, 2.75) is 44.8 Å². The van der Waals surface area contributed by atoms with E-state index in [-0.39, 0.29) is 18.2 Å². The zero-order valence-electron chi connectivity index (χ0n) is 12.7. The van der Waals surface area contributed by atoms with Crippen LogP contribution in [0.2, 0.25) is 0 Å². The predicted molar refractivity (Wildman–Crippen MR) is 79.3 cm³/mol. The van der Waals surface area contributed by atoms with Crippen LogP contribution in [0.5, 0.6) is 0 Å². The topological polar surface area (TPSA) is 66.2 Å². The Morgan fingerprint density at radius 3 is 2.91 bits per heavy atom. The first kappa shape index (κ1) is 13.6. The fraction of sp³-hybridized carbons (Fsp3) is 0.438. The number of nitrogens with zero attached hydrogens (tertiary/aromatic N) is 3. The van der Waals surface area contributed by atoms with Crippen molar-refractivity contribution in [3.63, 3.8) is 0 Å². The molecular weight excluding hydrogens is 282 g/mol. The van der Waals surface area contributed by atoms with Gasteiger partial charge in [-0.25, -0.2) is 9.97 Å². The van der Waals surface area contributed by atoms with E-state index in [0.717, 1.165) is 23.0 Å². The van der Waals surface area contributed by atoms with E-state index in [0.29, 0.717) is 5.57 Å². The lowest BCUT2D eigenvalue weighted by Crippen LogP contribution is -2.28. The molecule has 0 saturated carbocycles. The van der Waals surface area contributed by atoms with Crippen LogP contribution in [0.25, 0.3) is 11.0 Å². The van der Waals surface area contributed by atoms with Gasteiger partial charge in [-0.05, 0) is 32.9 Å². The molecule has 3 atom stereocenters. The lowest BCUT2D eigenvalue weighted by Gasteiger charge is -2.22. The van der Waals surface area contributed by atoms with Crippen molar-refractivity contribution in [2.75, 3.05) is 0 Å². The molecule has 1 fully saturated rings. The van der Waals surface area contributed by atoms with Crippen molar-refractivity contribution in [2.24, 2.45) is 0 Å². The van der Waals surface area contributed by atoms with Gasteiger partial charge in [0.05, 0.1) is 11.7 Å². The van der Waals surface area contributed by atoms with Crippen molar-refractivity contribution in [3.05, 3.63) is 35.9 Å². The van der Waals surface area contributed by atoms with Gasteiger partial charge in [0.1, 0.15) is 30.5 Å². The number of fused-ring (bicyclic) bond motifs is 2. The summed E-state index contributed by atoms with van der Waals surface area (Å²) in [4.78, 5) is 20.0. The molecule has 6 nitrogen and oxygen atoms in total. The summed E-state index contributed by atoms with van der Waals surface area (Å²) in [6.45, 7) is 5.69. The molecule has 22 heavy (non-hydrogen) atoms. The number of aldehydes is 1. The van der Waals surface area contributed by atoms with E-state index >= 15 is 0 Å². The summed E-state index contributed by atoms with van der Waals surface area (Å²) < 4.78 is 13.9. The third kappa shape index (κ3) is 1.84. The second-order valence-electron chi connectivity index (χ2n) is 6.22. The Morgan fingerprint density at radius 2 is 2.14 bits per heavy atom. The second kappa shape index (κ2) is 4.47. The zero-order valence-corrected chi connectivity index (χ0v) is 12.7. The molecule has 4 rings (SSSR count). The van der Waals surface area contributed by atoms with E-state index in [2.05, 4.69) is 9.97 Å². The van der Waals surface area contributed by atoms with Gasteiger partial charge in [-0.3, -0.25) is 4.79 Å². The Balaban J connectivity index is 1.83. The molecule has 0 radical (unpaired) electrons. The van der Waals surface area contributed by atoms with E-state index in [9.17, 15) is 4.79 Å². The molecule has 6 heteroatoms. The third-order valence-corrected chi connectivity index (χ3v) is 4.32. The van der Waals surface area contributed by atoms with Gasteiger partial charge in [0.25, 0.3) is 0 Å².